The van der Waals surface area contributed by atoms with Crippen LogP contribution < -0.4 is 10.7 Å². The van der Waals surface area contributed by atoms with Gasteiger partial charge < -0.3 is 15.3 Å². The Morgan fingerprint density at radius 1 is 1.45 bits per heavy atom. The van der Waals surface area contributed by atoms with E-state index < -0.39 is 23.3 Å². The van der Waals surface area contributed by atoms with Crippen molar-refractivity contribution in [1.82, 2.24) is 5.32 Å². The van der Waals surface area contributed by atoms with Crippen molar-refractivity contribution < 1.29 is 34.6 Å². The van der Waals surface area contributed by atoms with E-state index in [9.17, 15) is 19.6 Å². The van der Waals surface area contributed by atoms with Gasteiger partial charge >= 0.3 is 5.97 Å². The van der Waals surface area contributed by atoms with Gasteiger partial charge in [0.2, 0.25) is 5.91 Å². The average Bonchev–Trinajstić information content (AvgIpc) is 2.33. The topological polar surface area (TPSA) is 129 Å². The van der Waals surface area contributed by atoms with E-state index in [1.54, 1.807) is 6.92 Å². The minimum absolute atomic E-state index is 0.0182. The monoisotopic (exact) mass is 310 g/mol. The maximum atomic E-state index is 11.5. The summed E-state index contributed by atoms with van der Waals surface area (Å²) in [6, 6.07) is -0.915. The average molecular weight is 310 g/mol. The molecule has 9 nitrogen and oxygen atoms in total. The lowest BCUT2D eigenvalue weighted by molar-refractivity contribution is -1.21. The van der Waals surface area contributed by atoms with Gasteiger partial charge in [-0.05, 0) is 6.92 Å². The molecule has 2 unspecified atom stereocenters. The van der Waals surface area contributed by atoms with E-state index in [1.807, 2.05) is 0 Å². The highest BCUT2D eigenvalue weighted by atomic mass is 32.2. The Kier molecular flexibility index (Phi) is 9.94. The molecule has 116 valence electrons. The van der Waals surface area contributed by atoms with Gasteiger partial charge in [0, 0.05) is 19.1 Å². The second-order valence-corrected chi connectivity index (χ2v) is 4.63. The molecule has 0 heterocycles. The number of amides is 1. The van der Waals surface area contributed by atoms with Gasteiger partial charge in [0.05, 0.1) is 6.61 Å². The highest BCUT2D eigenvalue weighted by molar-refractivity contribution is 8.13. The van der Waals surface area contributed by atoms with E-state index in [4.69, 9.17) is 9.94 Å². The van der Waals surface area contributed by atoms with Crippen LogP contribution in [0.25, 0.3) is 0 Å². The van der Waals surface area contributed by atoms with E-state index in [2.05, 4.69) is 10.2 Å². The number of hydrogen-bond acceptors (Lipinski definition) is 8. The summed E-state index contributed by atoms with van der Waals surface area (Å²) in [6.07, 6.45) is -0.105. The number of esters is 1. The van der Waals surface area contributed by atoms with Gasteiger partial charge in [-0.15, -0.1) is 0 Å². The summed E-state index contributed by atoms with van der Waals surface area (Å²) in [5, 5.41) is 18.9. The van der Waals surface area contributed by atoms with E-state index >= 15 is 0 Å². The molecule has 0 aliphatic carbocycles. The number of rotatable bonds is 9. The highest BCUT2D eigenvalue weighted by Crippen LogP contribution is 2.08. The molecule has 10 heteroatoms. The Bertz CT molecular complexity index is 338. The lowest BCUT2D eigenvalue weighted by atomic mass is 10.3. The zero-order valence-electron chi connectivity index (χ0n) is 11.2. The molecule has 0 aromatic rings. The predicted molar refractivity (Wildman–Crippen MR) is 68.4 cm³/mol. The molecule has 0 radical (unpaired) electrons. The largest absolute Gasteiger partial charge is 0.566 e. The molecule has 1 amide bonds. The second kappa shape index (κ2) is 10.6. The summed E-state index contributed by atoms with van der Waals surface area (Å²) in [5.74, 6) is -1.01. The molecular weight excluding hydrogens is 292 g/mol. The van der Waals surface area contributed by atoms with Crippen molar-refractivity contribution in [1.29, 1.82) is 0 Å². The Labute approximate surface area is 120 Å². The summed E-state index contributed by atoms with van der Waals surface area (Å²) in [6.45, 7) is 2.80. The molecule has 0 fully saturated rings. The lowest BCUT2D eigenvalue weighted by Gasteiger charge is -2.15. The molecule has 0 aromatic heterocycles. The van der Waals surface area contributed by atoms with Crippen LogP contribution in [0.4, 0.5) is 0 Å². The third kappa shape index (κ3) is 9.69. The van der Waals surface area contributed by atoms with Crippen LogP contribution >= 0.6 is 11.8 Å². The van der Waals surface area contributed by atoms with Crippen molar-refractivity contribution in [2.45, 2.75) is 26.3 Å². The first-order valence-electron chi connectivity index (χ1n) is 5.81. The van der Waals surface area contributed by atoms with Crippen LogP contribution in [0.2, 0.25) is 0 Å². The molecular formula is C10H18N2O7S. The zero-order chi connectivity index (χ0) is 15.5. The van der Waals surface area contributed by atoms with E-state index in [0.29, 0.717) is 0 Å². The zero-order valence-corrected chi connectivity index (χ0v) is 12.0. The number of thioether (sulfide) groups is 1. The SMILES string of the molecule is CCOC(=O)C(CSC(=O)CCO[NH+]([O-])O)NC(C)=O. The summed E-state index contributed by atoms with van der Waals surface area (Å²) in [7, 11) is 0. The minimum atomic E-state index is -1.45. The molecule has 0 rings (SSSR count). The molecule has 2 atom stereocenters. The fourth-order valence-corrected chi connectivity index (χ4v) is 1.93. The van der Waals surface area contributed by atoms with Crippen molar-refractivity contribution in [2.24, 2.45) is 0 Å². The first-order valence-corrected chi connectivity index (χ1v) is 6.80. The van der Waals surface area contributed by atoms with Crippen LogP contribution in [0.15, 0.2) is 0 Å². The van der Waals surface area contributed by atoms with Gasteiger partial charge in [0.15, 0.2) is 5.12 Å². The van der Waals surface area contributed by atoms with Gasteiger partial charge in [0.25, 0.3) is 0 Å². The van der Waals surface area contributed by atoms with Crippen LogP contribution in [0, 0.1) is 5.21 Å². The Balaban J connectivity index is 4.14. The van der Waals surface area contributed by atoms with Gasteiger partial charge in [-0.25, -0.2) is 4.79 Å². The number of ether oxygens (including phenoxy) is 1. The maximum absolute atomic E-state index is 11.5. The number of quaternary nitrogens is 1. The third-order valence-electron chi connectivity index (χ3n) is 1.89. The Morgan fingerprint density at radius 2 is 2.10 bits per heavy atom. The second-order valence-electron chi connectivity index (χ2n) is 3.55. The van der Waals surface area contributed by atoms with E-state index in [0.717, 1.165) is 11.8 Å². The van der Waals surface area contributed by atoms with Gasteiger partial charge in [-0.2, -0.15) is 10.0 Å². The fourth-order valence-electron chi connectivity index (χ4n) is 1.13. The normalized spacial score (nSPS) is 13.4. The van der Waals surface area contributed by atoms with Crippen molar-refractivity contribution in [2.75, 3.05) is 19.0 Å². The quantitative estimate of drug-likeness (QED) is 0.343. The summed E-state index contributed by atoms with van der Waals surface area (Å²) in [4.78, 5) is 38.1. The highest BCUT2D eigenvalue weighted by Gasteiger charge is 2.22. The lowest BCUT2D eigenvalue weighted by Crippen LogP contribution is -3.03. The molecule has 0 aromatic carbocycles. The Hall–Kier alpha value is -1.20. The molecule has 0 spiro atoms. The number of carbonyl (C=O) groups excluding carboxylic acids is 3. The molecule has 3 N–H and O–H groups in total. The fraction of sp³-hybridized carbons (Fsp3) is 0.700. The molecule has 0 aliphatic rings. The van der Waals surface area contributed by atoms with Crippen molar-refractivity contribution in [3.63, 3.8) is 0 Å². The van der Waals surface area contributed by atoms with Gasteiger partial charge in [-0.1, -0.05) is 17.2 Å². The maximum Gasteiger partial charge on any atom is 0.329 e. The molecule has 0 bridgehead atoms. The molecule has 0 aliphatic heterocycles. The van der Waals surface area contributed by atoms with Crippen molar-refractivity contribution >= 4 is 28.8 Å². The van der Waals surface area contributed by atoms with Crippen LogP contribution in [-0.2, 0) is 24.0 Å². The third-order valence-corrected chi connectivity index (χ3v) is 2.92. The van der Waals surface area contributed by atoms with Crippen molar-refractivity contribution in [3.05, 3.63) is 5.21 Å². The van der Waals surface area contributed by atoms with Crippen LogP contribution in [0.5, 0.6) is 0 Å². The Morgan fingerprint density at radius 3 is 2.60 bits per heavy atom. The summed E-state index contributed by atoms with van der Waals surface area (Å²) >= 11 is 0.805. The predicted octanol–water partition coefficient (Wildman–Crippen LogP) is -1.59. The molecule has 0 saturated carbocycles. The van der Waals surface area contributed by atoms with Crippen LogP contribution in [0.1, 0.15) is 20.3 Å². The standard InChI is InChI=1S/C10H18N2O7S/c1-3-18-10(15)8(11-7(2)13)6-20-9(14)4-5-19-12(16)17/h8,12,16H,3-6H2,1-2H3,(H,11,13). The summed E-state index contributed by atoms with van der Waals surface area (Å²) in [5.41, 5.74) is 0. The molecule has 20 heavy (non-hydrogen) atoms. The minimum Gasteiger partial charge on any atom is -0.566 e. The molecule has 0 saturated heterocycles. The van der Waals surface area contributed by atoms with Gasteiger partial charge in [0.1, 0.15) is 12.6 Å². The number of nitrogens with one attached hydrogen (secondary N) is 2. The van der Waals surface area contributed by atoms with Crippen LogP contribution in [0.3, 0.4) is 0 Å². The number of hydrogen-bond donors (Lipinski definition) is 3. The van der Waals surface area contributed by atoms with Crippen LogP contribution in [-0.4, -0.2) is 47.2 Å². The number of carbonyl (C=O) groups is 3. The van der Waals surface area contributed by atoms with E-state index in [-0.39, 0.29) is 30.5 Å². The smallest absolute Gasteiger partial charge is 0.329 e. The van der Waals surface area contributed by atoms with Gasteiger partial charge in [-0.3, -0.25) is 9.59 Å². The first kappa shape index (κ1) is 18.8. The first-order chi connectivity index (χ1) is 9.36. The van der Waals surface area contributed by atoms with E-state index in [1.165, 1.54) is 6.92 Å². The summed E-state index contributed by atoms with van der Waals surface area (Å²) < 4.78 is 4.77. The van der Waals surface area contributed by atoms with Crippen molar-refractivity contribution in [3.8, 4) is 0 Å².